The van der Waals surface area contributed by atoms with Gasteiger partial charge in [-0.3, -0.25) is 14.1 Å². The number of benzene rings is 1. The van der Waals surface area contributed by atoms with Gasteiger partial charge < -0.3 is 5.73 Å². The molecule has 0 unspecified atom stereocenters. The first-order chi connectivity index (χ1) is 10.8. The van der Waals surface area contributed by atoms with Crippen LogP contribution in [0.1, 0.15) is 21.6 Å². The van der Waals surface area contributed by atoms with Gasteiger partial charge in [0.05, 0.1) is 30.7 Å². The zero-order chi connectivity index (χ0) is 17.0. The highest BCUT2D eigenvalue weighted by atomic mass is 32.2. The molecule has 0 aliphatic carbocycles. The minimum atomic E-state index is -3.46. The van der Waals surface area contributed by atoms with E-state index in [1.807, 2.05) is 13.0 Å². The molecule has 0 saturated carbocycles. The fraction of sp³-hybridized carbons (Fsp3) is 0.250. The number of rotatable bonds is 6. The maximum absolute atomic E-state index is 12.1. The smallest absolute Gasteiger partial charge is 0.232 e. The standard InChI is InChI=1S/C16H19N3O3S/c1-12-4-3-5-15(8-12)19(23(2,21)22)11-14-7-6-13(10-18-14)16(20)9-17/h3-8,10H,9,11,17H2,1-2H3. The third kappa shape index (κ3) is 4.37. The summed E-state index contributed by atoms with van der Waals surface area (Å²) in [5.74, 6) is -0.206. The van der Waals surface area contributed by atoms with E-state index in [1.165, 1.54) is 10.5 Å². The Balaban J connectivity index is 2.31. The summed E-state index contributed by atoms with van der Waals surface area (Å²) in [5, 5.41) is 0. The van der Waals surface area contributed by atoms with Crippen LogP contribution in [0, 0.1) is 6.92 Å². The molecule has 23 heavy (non-hydrogen) atoms. The van der Waals surface area contributed by atoms with Gasteiger partial charge in [0.2, 0.25) is 10.0 Å². The lowest BCUT2D eigenvalue weighted by Gasteiger charge is -2.22. The number of Topliss-reactive ketones (excluding diaryl/α,β-unsaturated/α-hetero) is 1. The van der Waals surface area contributed by atoms with E-state index in [2.05, 4.69) is 4.98 Å². The average Bonchev–Trinajstić information content (AvgIpc) is 2.51. The summed E-state index contributed by atoms with van der Waals surface area (Å²) < 4.78 is 25.5. The van der Waals surface area contributed by atoms with Crippen molar-refractivity contribution in [2.24, 2.45) is 5.73 Å². The SMILES string of the molecule is Cc1cccc(N(Cc2ccc(C(=O)CN)cn2)S(C)(=O)=O)c1. The Morgan fingerprint density at radius 1 is 1.26 bits per heavy atom. The van der Waals surface area contributed by atoms with Crippen LogP contribution in [0.4, 0.5) is 5.69 Å². The molecule has 1 aromatic heterocycles. The molecule has 0 atom stereocenters. The van der Waals surface area contributed by atoms with Crippen molar-refractivity contribution in [1.82, 2.24) is 4.98 Å². The number of hydrogen-bond acceptors (Lipinski definition) is 5. The van der Waals surface area contributed by atoms with Crippen molar-refractivity contribution in [3.05, 3.63) is 59.4 Å². The average molecular weight is 333 g/mol. The molecule has 0 amide bonds. The number of anilines is 1. The first-order valence-corrected chi connectivity index (χ1v) is 8.88. The van der Waals surface area contributed by atoms with Crippen LogP contribution in [0.25, 0.3) is 0 Å². The fourth-order valence-electron chi connectivity index (χ4n) is 2.13. The molecule has 0 radical (unpaired) electrons. The first kappa shape index (κ1) is 17.1. The second-order valence-corrected chi connectivity index (χ2v) is 7.18. The number of sulfonamides is 1. The second-order valence-electron chi connectivity index (χ2n) is 5.27. The predicted molar refractivity (Wildman–Crippen MR) is 89.8 cm³/mol. The van der Waals surface area contributed by atoms with Crippen LogP contribution in [0.2, 0.25) is 0 Å². The molecule has 1 aromatic carbocycles. The van der Waals surface area contributed by atoms with Crippen molar-refractivity contribution in [2.45, 2.75) is 13.5 Å². The molecule has 6 nitrogen and oxygen atoms in total. The minimum absolute atomic E-state index is 0.0835. The van der Waals surface area contributed by atoms with E-state index in [0.29, 0.717) is 16.9 Å². The van der Waals surface area contributed by atoms with Gasteiger partial charge in [-0.1, -0.05) is 12.1 Å². The van der Waals surface area contributed by atoms with Crippen LogP contribution >= 0.6 is 0 Å². The Morgan fingerprint density at radius 3 is 2.52 bits per heavy atom. The highest BCUT2D eigenvalue weighted by Gasteiger charge is 2.18. The third-order valence-electron chi connectivity index (χ3n) is 3.33. The molecule has 2 rings (SSSR count). The maximum Gasteiger partial charge on any atom is 0.232 e. The number of hydrogen-bond donors (Lipinski definition) is 1. The van der Waals surface area contributed by atoms with Crippen molar-refractivity contribution >= 4 is 21.5 Å². The lowest BCUT2D eigenvalue weighted by molar-refractivity contribution is 0.100. The number of aryl methyl sites for hydroxylation is 1. The number of aromatic nitrogens is 1. The van der Waals surface area contributed by atoms with Gasteiger partial charge in [0.1, 0.15) is 0 Å². The Kier molecular flexibility index (Phi) is 5.12. The van der Waals surface area contributed by atoms with Crippen LogP contribution in [0.5, 0.6) is 0 Å². The van der Waals surface area contributed by atoms with Crippen LogP contribution in [0.15, 0.2) is 42.6 Å². The zero-order valence-electron chi connectivity index (χ0n) is 13.1. The van der Waals surface area contributed by atoms with Crippen molar-refractivity contribution in [1.29, 1.82) is 0 Å². The van der Waals surface area contributed by atoms with E-state index < -0.39 is 10.0 Å². The summed E-state index contributed by atoms with van der Waals surface area (Å²) in [7, 11) is -3.46. The van der Waals surface area contributed by atoms with Crippen LogP contribution in [-0.4, -0.2) is 32.0 Å². The number of pyridine rings is 1. The van der Waals surface area contributed by atoms with E-state index in [1.54, 1.807) is 30.3 Å². The lowest BCUT2D eigenvalue weighted by atomic mass is 10.2. The predicted octanol–water partition coefficient (Wildman–Crippen LogP) is 1.50. The summed E-state index contributed by atoms with van der Waals surface area (Å²) in [6.07, 6.45) is 2.57. The highest BCUT2D eigenvalue weighted by molar-refractivity contribution is 7.92. The minimum Gasteiger partial charge on any atom is -0.324 e. The van der Waals surface area contributed by atoms with Gasteiger partial charge in [-0.15, -0.1) is 0 Å². The van der Waals surface area contributed by atoms with Crippen LogP contribution in [0.3, 0.4) is 0 Å². The van der Waals surface area contributed by atoms with Gasteiger partial charge in [-0.25, -0.2) is 8.42 Å². The molecule has 2 N–H and O–H groups in total. The number of nitrogens with zero attached hydrogens (tertiary/aromatic N) is 2. The summed E-state index contributed by atoms with van der Waals surface area (Å²) in [6, 6.07) is 10.5. The van der Waals surface area contributed by atoms with E-state index in [-0.39, 0.29) is 18.9 Å². The van der Waals surface area contributed by atoms with Gasteiger partial charge >= 0.3 is 0 Å². The molecule has 0 aliphatic heterocycles. The third-order valence-corrected chi connectivity index (χ3v) is 4.47. The normalized spacial score (nSPS) is 11.3. The molecule has 122 valence electrons. The molecule has 2 aromatic rings. The summed E-state index contributed by atoms with van der Waals surface area (Å²) >= 11 is 0. The number of carbonyl (C=O) groups excluding carboxylic acids is 1. The molecular formula is C16H19N3O3S. The molecule has 0 saturated heterocycles. The van der Waals surface area contributed by atoms with Gasteiger partial charge in [-0.05, 0) is 36.8 Å². The molecule has 7 heteroatoms. The van der Waals surface area contributed by atoms with Gasteiger partial charge in [0, 0.05) is 11.8 Å². The van der Waals surface area contributed by atoms with E-state index in [4.69, 9.17) is 5.73 Å². The van der Waals surface area contributed by atoms with Crippen molar-refractivity contribution in [3.63, 3.8) is 0 Å². The van der Waals surface area contributed by atoms with Crippen LogP contribution in [-0.2, 0) is 16.6 Å². The van der Waals surface area contributed by atoms with E-state index in [0.717, 1.165) is 11.8 Å². The molecule has 1 heterocycles. The number of ketones is 1. The monoisotopic (exact) mass is 333 g/mol. The van der Waals surface area contributed by atoms with Gasteiger partial charge in [0.25, 0.3) is 0 Å². The Bertz CT molecular complexity index is 802. The molecule has 0 fully saturated rings. The zero-order valence-corrected chi connectivity index (χ0v) is 13.9. The van der Waals surface area contributed by atoms with Crippen molar-refractivity contribution in [3.8, 4) is 0 Å². The Morgan fingerprint density at radius 2 is 2.00 bits per heavy atom. The van der Waals surface area contributed by atoms with Crippen LogP contribution < -0.4 is 10.0 Å². The molecule has 0 bridgehead atoms. The Hall–Kier alpha value is -2.25. The topological polar surface area (TPSA) is 93.4 Å². The molecule has 0 aliphatic rings. The van der Waals surface area contributed by atoms with E-state index in [9.17, 15) is 13.2 Å². The summed E-state index contributed by atoms with van der Waals surface area (Å²) in [6.45, 7) is 1.91. The van der Waals surface area contributed by atoms with Crippen molar-refractivity contribution in [2.75, 3.05) is 17.1 Å². The Labute approximate surface area is 136 Å². The van der Waals surface area contributed by atoms with Gasteiger partial charge in [-0.2, -0.15) is 0 Å². The first-order valence-electron chi connectivity index (χ1n) is 7.04. The fourth-order valence-corrected chi connectivity index (χ4v) is 2.99. The van der Waals surface area contributed by atoms with Crippen molar-refractivity contribution < 1.29 is 13.2 Å². The van der Waals surface area contributed by atoms with E-state index >= 15 is 0 Å². The summed E-state index contributed by atoms with van der Waals surface area (Å²) in [5.41, 5.74) is 7.81. The largest absolute Gasteiger partial charge is 0.324 e. The quantitative estimate of drug-likeness (QED) is 0.809. The van der Waals surface area contributed by atoms with Gasteiger partial charge in [0.15, 0.2) is 5.78 Å². The molecular weight excluding hydrogens is 314 g/mol. The highest BCUT2D eigenvalue weighted by Crippen LogP contribution is 2.21. The second kappa shape index (κ2) is 6.89. The number of nitrogens with two attached hydrogens (primary N) is 1. The summed E-state index contributed by atoms with van der Waals surface area (Å²) in [4.78, 5) is 15.7. The molecule has 0 spiro atoms. The lowest BCUT2D eigenvalue weighted by Crippen LogP contribution is -2.29. The maximum atomic E-state index is 12.1. The number of carbonyl (C=O) groups is 1.